The number of para-hydroxylation sites is 2. The monoisotopic (exact) mass is 325 g/mol. The van der Waals surface area contributed by atoms with Gasteiger partial charge < -0.3 is 4.57 Å². The van der Waals surface area contributed by atoms with E-state index in [1.54, 1.807) is 0 Å². The molecular formula is C8H8IrN2. The van der Waals surface area contributed by atoms with E-state index in [4.69, 9.17) is 0 Å². The zero-order chi connectivity index (χ0) is 6.97. The number of hydrogen-bond acceptors (Lipinski definition) is 1. The van der Waals surface area contributed by atoms with Crippen molar-refractivity contribution in [1.29, 1.82) is 0 Å². The number of aromatic nitrogens is 2. The van der Waals surface area contributed by atoms with Gasteiger partial charge in [-0.3, -0.25) is 0 Å². The number of hydrogen-bond donors (Lipinski definition) is 0. The smallest absolute Gasteiger partial charge is 0.0955 e. The SMILES string of the molecule is Cn1cnc2ccccc21.[Ir]. The molecule has 0 N–H and O–H groups in total. The Morgan fingerprint density at radius 2 is 2.00 bits per heavy atom. The van der Waals surface area contributed by atoms with E-state index in [2.05, 4.69) is 11.1 Å². The molecule has 2 rings (SSSR count). The first-order valence-corrected chi connectivity index (χ1v) is 3.24. The van der Waals surface area contributed by atoms with Crippen molar-refractivity contribution in [1.82, 2.24) is 9.55 Å². The minimum absolute atomic E-state index is 0. The van der Waals surface area contributed by atoms with Crippen LogP contribution in [0.15, 0.2) is 30.6 Å². The van der Waals surface area contributed by atoms with E-state index in [0.717, 1.165) is 5.52 Å². The summed E-state index contributed by atoms with van der Waals surface area (Å²) in [5, 5.41) is 0. The molecule has 1 aromatic heterocycles. The number of benzene rings is 1. The molecular weight excluding hydrogens is 316 g/mol. The molecule has 11 heavy (non-hydrogen) atoms. The van der Waals surface area contributed by atoms with Gasteiger partial charge in [-0.2, -0.15) is 0 Å². The van der Waals surface area contributed by atoms with Crippen LogP contribution in [-0.4, -0.2) is 9.55 Å². The summed E-state index contributed by atoms with van der Waals surface area (Å²) in [6.45, 7) is 0. The molecule has 0 fully saturated rings. The van der Waals surface area contributed by atoms with Crippen LogP contribution in [0.25, 0.3) is 11.0 Å². The van der Waals surface area contributed by atoms with E-state index in [0.29, 0.717) is 0 Å². The summed E-state index contributed by atoms with van der Waals surface area (Å²) in [4.78, 5) is 4.18. The Kier molecular flexibility index (Phi) is 2.42. The maximum Gasteiger partial charge on any atom is 0.0955 e. The first kappa shape index (κ1) is 8.44. The first-order valence-electron chi connectivity index (χ1n) is 3.24. The topological polar surface area (TPSA) is 17.8 Å². The number of rotatable bonds is 0. The quantitative estimate of drug-likeness (QED) is 0.719. The third-order valence-electron chi connectivity index (χ3n) is 1.63. The molecule has 2 nitrogen and oxygen atoms in total. The van der Waals surface area contributed by atoms with Crippen molar-refractivity contribution in [2.45, 2.75) is 0 Å². The summed E-state index contributed by atoms with van der Waals surface area (Å²) in [5.74, 6) is 0. The average Bonchev–Trinajstić information content (AvgIpc) is 2.34. The Labute approximate surface area is 78.6 Å². The van der Waals surface area contributed by atoms with Gasteiger partial charge in [0.15, 0.2) is 0 Å². The summed E-state index contributed by atoms with van der Waals surface area (Å²) in [7, 11) is 2.00. The number of nitrogens with zero attached hydrogens (tertiary/aromatic N) is 2. The molecule has 59 valence electrons. The third-order valence-corrected chi connectivity index (χ3v) is 1.63. The summed E-state index contributed by atoms with van der Waals surface area (Å²) in [5.41, 5.74) is 2.24. The Hall–Kier alpha value is -0.661. The molecule has 2 aromatic rings. The summed E-state index contributed by atoms with van der Waals surface area (Å²) in [6, 6.07) is 8.08. The van der Waals surface area contributed by atoms with E-state index < -0.39 is 0 Å². The molecule has 1 radical (unpaired) electrons. The number of fused-ring (bicyclic) bond motifs is 1. The molecule has 1 aromatic carbocycles. The molecule has 0 saturated carbocycles. The fraction of sp³-hybridized carbons (Fsp3) is 0.125. The summed E-state index contributed by atoms with van der Waals surface area (Å²) in [6.07, 6.45) is 1.82. The van der Waals surface area contributed by atoms with Crippen LogP contribution in [0.2, 0.25) is 0 Å². The largest absolute Gasteiger partial charge is 0.334 e. The van der Waals surface area contributed by atoms with Crippen LogP contribution in [0, 0.1) is 0 Å². The fourth-order valence-electron chi connectivity index (χ4n) is 1.08. The van der Waals surface area contributed by atoms with E-state index in [1.165, 1.54) is 5.52 Å². The molecule has 0 saturated heterocycles. The minimum atomic E-state index is 0. The van der Waals surface area contributed by atoms with Gasteiger partial charge in [0.05, 0.1) is 17.4 Å². The number of imidazole rings is 1. The first-order chi connectivity index (χ1) is 4.88. The second-order valence-electron chi connectivity index (χ2n) is 2.34. The molecule has 3 heteroatoms. The fourth-order valence-corrected chi connectivity index (χ4v) is 1.08. The van der Waals surface area contributed by atoms with Gasteiger partial charge in [-0.25, -0.2) is 4.98 Å². The van der Waals surface area contributed by atoms with Gasteiger partial charge in [0, 0.05) is 27.2 Å². The molecule has 0 aliphatic rings. The third kappa shape index (κ3) is 1.35. The second kappa shape index (κ2) is 3.16. The molecule has 0 aliphatic heterocycles. The molecule has 1 heterocycles. The van der Waals surface area contributed by atoms with Crippen molar-refractivity contribution in [2.24, 2.45) is 7.05 Å². The molecule has 0 amide bonds. The van der Waals surface area contributed by atoms with Crippen molar-refractivity contribution in [2.75, 3.05) is 0 Å². The van der Waals surface area contributed by atoms with Gasteiger partial charge in [-0.15, -0.1) is 0 Å². The second-order valence-corrected chi connectivity index (χ2v) is 2.34. The zero-order valence-electron chi connectivity index (χ0n) is 6.11. The summed E-state index contributed by atoms with van der Waals surface area (Å²) >= 11 is 0. The van der Waals surface area contributed by atoms with Crippen LogP contribution in [0.1, 0.15) is 0 Å². The van der Waals surface area contributed by atoms with Gasteiger partial charge in [-0.1, -0.05) is 12.1 Å². The standard InChI is InChI=1S/C8H8N2.Ir/c1-10-6-9-7-4-2-3-5-8(7)10;/h2-6H,1H3;. The summed E-state index contributed by atoms with van der Waals surface area (Å²) < 4.78 is 2.01. The molecule has 0 atom stereocenters. The predicted octanol–water partition coefficient (Wildman–Crippen LogP) is 1.57. The Morgan fingerprint density at radius 1 is 1.27 bits per heavy atom. The molecule has 0 bridgehead atoms. The van der Waals surface area contributed by atoms with E-state index in [1.807, 2.05) is 36.1 Å². The van der Waals surface area contributed by atoms with Crippen molar-refractivity contribution in [3.63, 3.8) is 0 Å². The van der Waals surface area contributed by atoms with E-state index in [9.17, 15) is 0 Å². The van der Waals surface area contributed by atoms with Crippen LogP contribution in [0.3, 0.4) is 0 Å². The molecule has 0 unspecified atom stereocenters. The van der Waals surface area contributed by atoms with Crippen molar-refractivity contribution in [3.8, 4) is 0 Å². The van der Waals surface area contributed by atoms with Crippen LogP contribution in [-0.2, 0) is 27.2 Å². The molecule has 0 aliphatic carbocycles. The zero-order valence-corrected chi connectivity index (χ0v) is 8.51. The average molecular weight is 324 g/mol. The predicted molar refractivity (Wildman–Crippen MR) is 40.7 cm³/mol. The van der Waals surface area contributed by atoms with Crippen LogP contribution < -0.4 is 0 Å². The van der Waals surface area contributed by atoms with Gasteiger partial charge in [0.1, 0.15) is 0 Å². The van der Waals surface area contributed by atoms with Gasteiger partial charge in [0.25, 0.3) is 0 Å². The Bertz CT molecular complexity index is 354. The van der Waals surface area contributed by atoms with Crippen LogP contribution >= 0.6 is 0 Å². The maximum absolute atomic E-state index is 4.18. The maximum atomic E-state index is 4.18. The van der Waals surface area contributed by atoms with Crippen molar-refractivity contribution in [3.05, 3.63) is 30.6 Å². The normalized spacial score (nSPS) is 9.55. The van der Waals surface area contributed by atoms with E-state index in [-0.39, 0.29) is 20.1 Å². The van der Waals surface area contributed by atoms with Crippen LogP contribution in [0.5, 0.6) is 0 Å². The van der Waals surface area contributed by atoms with E-state index >= 15 is 0 Å². The Balaban J connectivity index is 0.000000605. The van der Waals surface area contributed by atoms with Gasteiger partial charge >= 0.3 is 0 Å². The van der Waals surface area contributed by atoms with Crippen molar-refractivity contribution >= 4 is 11.0 Å². The molecule has 0 spiro atoms. The minimum Gasteiger partial charge on any atom is -0.334 e. The van der Waals surface area contributed by atoms with Crippen molar-refractivity contribution < 1.29 is 20.1 Å². The van der Waals surface area contributed by atoms with Gasteiger partial charge in [-0.05, 0) is 12.1 Å². The van der Waals surface area contributed by atoms with Gasteiger partial charge in [0.2, 0.25) is 0 Å². The van der Waals surface area contributed by atoms with Crippen LogP contribution in [0.4, 0.5) is 0 Å². The number of aryl methyl sites for hydroxylation is 1. The Morgan fingerprint density at radius 3 is 2.73 bits per heavy atom.